The van der Waals surface area contributed by atoms with Crippen molar-refractivity contribution in [2.24, 2.45) is 0 Å². The fraction of sp³-hybridized carbons (Fsp3) is 0.300. The van der Waals surface area contributed by atoms with Crippen molar-refractivity contribution in [1.29, 1.82) is 0 Å². The van der Waals surface area contributed by atoms with Crippen LogP contribution >= 0.6 is 0 Å². The molecule has 0 aliphatic rings. The first kappa shape index (κ1) is 20.3. The van der Waals surface area contributed by atoms with Gasteiger partial charge in [0.2, 0.25) is 0 Å². The van der Waals surface area contributed by atoms with Crippen molar-refractivity contribution >= 4 is 16.6 Å². The Kier molecular flexibility index (Phi) is 5.79. The highest BCUT2D eigenvalue weighted by Gasteiger charge is 2.17. The van der Waals surface area contributed by atoms with Crippen LogP contribution in [0.15, 0.2) is 41.2 Å². The highest BCUT2D eigenvalue weighted by molar-refractivity contribution is 5.81. The van der Waals surface area contributed by atoms with Gasteiger partial charge in [-0.1, -0.05) is 12.1 Å². The highest BCUT2D eigenvalue weighted by Crippen LogP contribution is 2.30. The lowest BCUT2D eigenvalue weighted by Gasteiger charge is -2.24. The number of rotatable bonds is 7. The van der Waals surface area contributed by atoms with Crippen molar-refractivity contribution in [2.75, 3.05) is 21.3 Å². The third kappa shape index (κ3) is 4.19. The molecular weight excluding hydrogens is 376 g/mol. The van der Waals surface area contributed by atoms with Crippen LogP contribution in [0, 0.1) is 10.1 Å². The first-order valence-corrected chi connectivity index (χ1v) is 8.93. The second-order valence-electron chi connectivity index (χ2n) is 6.68. The van der Waals surface area contributed by atoms with Crippen LogP contribution in [0.2, 0.25) is 0 Å². The van der Waals surface area contributed by atoms with Gasteiger partial charge >= 0.3 is 0 Å². The average Bonchev–Trinajstić information content (AvgIpc) is 2.72. The van der Waals surface area contributed by atoms with Gasteiger partial charge in [0.15, 0.2) is 11.5 Å². The molecule has 29 heavy (non-hydrogen) atoms. The smallest absolute Gasteiger partial charge is 0.269 e. The number of benzene rings is 2. The van der Waals surface area contributed by atoms with Crippen molar-refractivity contribution < 1.29 is 14.4 Å². The fourth-order valence-corrected chi connectivity index (χ4v) is 3.12. The number of methoxy groups -OCH3 is 2. The third-order valence-corrected chi connectivity index (χ3v) is 4.88. The van der Waals surface area contributed by atoms with Gasteiger partial charge < -0.3 is 14.5 Å². The Morgan fingerprint density at radius 2 is 1.90 bits per heavy atom. The first-order valence-electron chi connectivity index (χ1n) is 8.93. The maximum absolute atomic E-state index is 12.5. The number of aromatic nitrogens is 2. The Labute approximate surface area is 167 Å². The summed E-state index contributed by atoms with van der Waals surface area (Å²) < 4.78 is 10.5. The van der Waals surface area contributed by atoms with Crippen LogP contribution in [-0.2, 0) is 6.54 Å². The van der Waals surface area contributed by atoms with E-state index in [1.165, 1.54) is 20.3 Å². The van der Waals surface area contributed by atoms with Crippen LogP contribution in [0.1, 0.15) is 24.4 Å². The molecule has 1 N–H and O–H groups in total. The molecule has 0 saturated heterocycles. The molecule has 9 nitrogen and oxygen atoms in total. The molecule has 0 bridgehead atoms. The number of H-pyrrole nitrogens is 1. The Bertz CT molecular complexity index is 1110. The number of hydrogen-bond donors (Lipinski definition) is 1. The van der Waals surface area contributed by atoms with E-state index in [-0.39, 0.29) is 17.3 Å². The normalized spacial score (nSPS) is 12.2. The molecule has 0 saturated carbocycles. The number of ether oxygens (including phenoxy) is 2. The van der Waals surface area contributed by atoms with E-state index in [1.54, 1.807) is 24.3 Å². The minimum Gasteiger partial charge on any atom is -0.493 e. The maximum atomic E-state index is 12.5. The molecule has 9 heteroatoms. The average molecular weight is 398 g/mol. The van der Waals surface area contributed by atoms with Gasteiger partial charge in [-0.15, -0.1) is 0 Å². The minimum atomic E-state index is -0.416. The summed E-state index contributed by atoms with van der Waals surface area (Å²) in [5, 5.41) is 11.4. The molecule has 0 aliphatic carbocycles. The first-order chi connectivity index (χ1) is 13.8. The third-order valence-electron chi connectivity index (χ3n) is 4.88. The van der Waals surface area contributed by atoms with Gasteiger partial charge in [-0.05, 0) is 25.6 Å². The van der Waals surface area contributed by atoms with E-state index in [0.717, 1.165) is 5.56 Å². The number of nitro groups is 1. The largest absolute Gasteiger partial charge is 0.493 e. The van der Waals surface area contributed by atoms with Crippen LogP contribution in [0.25, 0.3) is 10.9 Å². The molecule has 0 aliphatic heterocycles. The van der Waals surface area contributed by atoms with Crippen LogP contribution < -0.4 is 15.0 Å². The number of aromatic amines is 1. The zero-order chi connectivity index (χ0) is 21.1. The van der Waals surface area contributed by atoms with Crippen molar-refractivity contribution in [1.82, 2.24) is 14.9 Å². The van der Waals surface area contributed by atoms with Crippen LogP contribution in [0.4, 0.5) is 5.69 Å². The molecule has 0 radical (unpaired) electrons. The quantitative estimate of drug-likeness (QED) is 0.481. The molecule has 0 amide bonds. The Morgan fingerprint density at radius 1 is 1.21 bits per heavy atom. The number of fused-ring (bicyclic) bond motifs is 1. The van der Waals surface area contributed by atoms with E-state index < -0.39 is 4.92 Å². The monoisotopic (exact) mass is 398 g/mol. The molecule has 152 valence electrons. The standard InChI is InChI=1S/C20H22N4O5/c1-12(13-6-5-7-14(8-13)24(26)27)23(2)11-19-21-16-10-18(29-4)17(28-3)9-15(16)20(25)22-19/h5-10,12H,11H2,1-4H3,(H,21,22,25)/t12-/m0/s1. The number of nitrogens with zero attached hydrogens (tertiary/aromatic N) is 3. The molecule has 1 heterocycles. The van der Waals surface area contributed by atoms with Crippen LogP contribution in [0.5, 0.6) is 11.5 Å². The SMILES string of the molecule is COc1cc2nc(CN(C)[C@@H](C)c3cccc([N+](=O)[O-])c3)[nH]c(=O)c2cc1OC. The van der Waals surface area contributed by atoms with E-state index in [9.17, 15) is 14.9 Å². The van der Waals surface area contributed by atoms with Gasteiger partial charge in [-0.3, -0.25) is 19.8 Å². The lowest BCUT2D eigenvalue weighted by molar-refractivity contribution is -0.384. The van der Waals surface area contributed by atoms with E-state index >= 15 is 0 Å². The van der Waals surface area contributed by atoms with E-state index in [4.69, 9.17) is 9.47 Å². The zero-order valence-electron chi connectivity index (χ0n) is 16.6. The van der Waals surface area contributed by atoms with Gasteiger partial charge in [0.1, 0.15) is 5.82 Å². The van der Waals surface area contributed by atoms with Gasteiger partial charge in [-0.25, -0.2) is 4.98 Å². The highest BCUT2D eigenvalue weighted by atomic mass is 16.6. The van der Waals surface area contributed by atoms with Gasteiger partial charge in [-0.2, -0.15) is 0 Å². The summed E-state index contributed by atoms with van der Waals surface area (Å²) in [6.07, 6.45) is 0. The summed E-state index contributed by atoms with van der Waals surface area (Å²) >= 11 is 0. The second kappa shape index (κ2) is 8.27. The van der Waals surface area contributed by atoms with Crippen molar-refractivity contribution in [3.63, 3.8) is 0 Å². The molecule has 3 rings (SSSR count). The van der Waals surface area contributed by atoms with Crippen molar-refractivity contribution in [3.8, 4) is 11.5 Å². The molecule has 3 aromatic rings. The van der Waals surface area contributed by atoms with Gasteiger partial charge in [0, 0.05) is 24.2 Å². The topological polar surface area (TPSA) is 111 Å². The number of nitro benzene ring substituents is 1. The summed E-state index contributed by atoms with van der Waals surface area (Å²) in [6.45, 7) is 2.29. The van der Waals surface area contributed by atoms with Gasteiger partial charge in [0.25, 0.3) is 11.2 Å². The Balaban J connectivity index is 1.90. The maximum Gasteiger partial charge on any atom is 0.269 e. The number of non-ortho nitro benzene ring substituents is 1. The molecule has 0 fully saturated rings. The lowest BCUT2D eigenvalue weighted by Crippen LogP contribution is -2.25. The molecule has 1 aromatic heterocycles. The predicted octanol–water partition coefficient (Wildman–Crippen LogP) is 3.04. The Hall–Kier alpha value is -3.46. The van der Waals surface area contributed by atoms with Crippen LogP contribution in [-0.4, -0.2) is 41.1 Å². The van der Waals surface area contributed by atoms with Crippen molar-refractivity contribution in [3.05, 3.63) is 68.3 Å². The lowest BCUT2D eigenvalue weighted by atomic mass is 10.1. The predicted molar refractivity (Wildman–Crippen MR) is 108 cm³/mol. The summed E-state index contributed by atoms with van der Waals surface area (Å²) in [5.74, 6) is 1.42. The molecule has 0 unspecified atom stereocenters. The van der Waals surface area contributed by atoms with E-state index in [0.29, 0.717) is 34.8 Å². The summed E-state index contributed by atoms with van der Waals surface area (Å²) in [5.41, 5.74) is 1.07. The summed E-state index contributed by atoms with van der Waals surface area (Å²) in [7, 11) is 4.89. The number of nitrogens with one attached hydrogen (secondary N) is 1. The Morgan fingerprint density at radius 3 is 2.55 bits per heavy atom. The van der Waals surface area contributed by atoms with E-state index in [2.05, 4.69) is 9.97 Å². The molecule has 1 atom stereocenters. The minimum absolute atomic E-state index is 0.0426. The summed E-state index contributed by atoms with van der Waals surface area (Å²) in [6, 6.07) is 9.64. The fourth-order valence-electron chi connectivity index (χ4n) is 3.12. The molecular formula is C20H22N4O5. The number of hydrogen-bond acceptors (Lipinski definition) is 7. The van der Waals surface area contributed by atoms with Crippen molar-refractivity contribution in [2.45, 2.75) is 19.5 Å². The zero-order valence-corrected chi connectivity index (χ0v) is 16.6. The molecule has 2 aromatic carbocycles. The van der Waals surface area contributed by atoms with Gasteiger partial charge in [0.05, 0.1) is 36.6 Å². The molecule has 0 spiro atoms. The second-order valence-corrected chi connectivity index (χ2v) is 6.68. The summed E-state index contributed by atoms with van der Waals surface area (Å²) in [4.78, 5) is 32.4. The van der Waals surface area contributed by atoms with E-state index in [1.807, 2.05) is 24.9 Å². The van der Waals surface area contributed by atoms with Crippen LogP contribution in [0.3, 0.4) is 0 Å².